The maximum atomic E-state index is 6.63. The van der Waals surface area contributed by atoms with Crippen LogP contribution < -0.4 is 10.5 Å². The predicted molar refractivity (Wildman–Crippen MR) is 81.0 cm³/mol. The number of benzene rings is 1. The molecule has 0 unspecified atom stereocenters. The molecule has 2 nitrogen and oxygen atoms in total. The van der Waals surface area contributed by atoms with Crippen LogP contribution in [0, 0.1) is 0 Å². The topological polar surface area (TPSA) is 35.2 Å². The zero-order valence-electron chi connectivity index (χ0n) is 12.1. The summed E-state index contributed by atoms with van der Waals surface area (Å²) in [5.41, 5.74) is 8.66. The van der Waals surface area contributed by atoms with Crippen molar-refractivity contribution in [3.63, 3.8) is 0 Å². The van der Waals surface area contributed by atoms with E-state index in [4.69, 9.17) is 22.1 Å². The SMILES string of the molecule is COc1cc(C(C)C)cc(C2(N)CCCCC2)c1Cl. The summed E-state index contributed by atoms with van der Waals surface area (Å²) in [5, 5.41) is 0.691. The quantitative estimate of drug-likeness (QED) is 0.879. The molecule has 0 amide bonds. The average Bonchev–Trinajstić information content (AvgIpc) is 2.39. The van der Waals surface area contributed by atoms with Crippen LogP contribution in [0.1, 0.15) is 63.0 Å². The zero-order valence-corrected chi connectivity index (χ0v) is 12.9. The largest absolute Gasteiger partial charge is 0.495 e. The lowest BCUT2D eigenvalue weighted by Crippen LogP contribution is -2.39. The summed E-state index contributed by atoms with van der Waals surface area (Å²) in [6.07, 6.45) is 5.66. The highest BCUT2D eigenvalue weighted by Crippen LogP contribution is 2.43. The molecular formula is C16H24ClNO. The minimum Gasteiger partial charge on any atom is -0.495 e. The Balaban J connectivity index is 2.51. The van der Waals surface area contributed by atoms with Gasteiger partial charge in [-0.1, -0.05) is 50.8 Å². The molecule has 2 rings (SSSR count). The summed E-state index contributed by atoms with van der Waals surface area (Å²) in [5.74, 6) is 1.19. The van der Waals surface area contributed by atoms with Gasteiger partial charge < -0.3 is 10.5 Å². The van der Waals surface area contributed by atoms with Crippen molar-refractivity contribution in [1.29, 1.82) is 0 Å². The third-order valence-electron chi connectivity index (χ3n) is 4.23. The second-order valence-electron chi connectivity index (χ2n) is 5.96. The van der Waals surface area contributed by atoms with E-state index in [-0.39, 0.29) is 5.54 Å². The van der Waals surface area contributed by atoms with Crippen LogP contribution in [0.3, 0.4) is 0 Å². The van der Waals surface area contributed by atoms with Crippen molar-refractivity contribution < 1.29 is 4.74 Å². The van der Waals surface area contributed by atoms with E-state index in [1.807, 2.05) is 6.07 Å². The number of ether oxygens (including phenoxy) is 1. The predicted octanol–water partition coefficient (Wildman–Crippen LogP) is 4.59. The van der Waals surface area contributed by atoms with Crippen LogP contribution >= 0.6 is 11.6 Å². The molecule has 2 N–H and O–H groups in total. The summed E-state index contributed by atoms with van der Waals surface area (Å²) >= 11 is 6.50. The lowest BCUT2D eigenvalue weighted by Gasteiger charge is -2.35. The Morgan fingerprint density at radius 1 is 1.21 bits per heavy atom. The van der Waals surface area contributed by atoms with Crippen molar-refractivity contribution in [3.8, 4) is 5.75 Å². The smallest absolute Gasteiger partial charge is 0.138 e. The van der Waals surface area contributed by atoms with Gasteiger partial charge in [-0.05, 0) is 36.0 Å². The second-order valence-corrected chi connectivity index (χ2v) is 6.33. The van der Waals surface area contributed by atoms with Crippen LogP contribution in [0.5, 0.6) is 5.75 Å². The highest BCUT2D eigenvalue weighted by molar-refractivity contribution is 6.33. The van der Waals surface area contributed by atoms with E-state index >= 15 is 0 Å². The van der Waals surface area contributed by atoms with E-state index < -0.39 is 0 Å². The van der Waals surface area contributed by atoms with Gasteiger partial charge in [-0.2, -0.15) is 0 Å². The monoisotopic (exact) mass is 281 g/mol. The Labute approximate surface area is 121 Å². The van der Waals surface area contributed by atoms with Crippen molar-refractivity contribution in [3.05, 3.63) is 28.3 Å². The molecule has 1 saturated carbocycles. The fourth-order valence-corrected chi connectivity index (χ4v) is 3.29. The molecule has 0 heterocycles. The number of rotatable bonds is 3. The van der Waals surface area contributed by atoms with Gasteiger partial charge in [0.15, 0.2) is 0 Å². The summed E-state index contributed by atoms with van der Waals surface area (Å²) < 4.78 is 5.42. The molecule has 0 saturated heterocycles. The Kier molecular flexibility index (Phi) is 4.42. The van der Waals surface area contributed by atoms with Gasteiger partial charge in [-0.15, -0.1) is 0 Å². The minimum atomic E-state index is -0.284. The first-order valence-electron chi connectivity index (χ1n) is 7.15. The summed E-state index contributed by atoms with van der Waals surface area (Å²) in [6, 6.07) is 4.21. The maximum Gasteiger partial charge on any atom is 0.138 e. The first-order chi connectivity index (χ1) is 8.98. The van der Waals surface area contributed by atoms with Crippen LogP contribution in [-0.4, -0.2) is 7.11 Å². The van der Waals surface area contributed by atoms with E-state index in [2.05, 4.69) is 19.9 Å². The molecule has 0 spiro atoms. The molecule has 3 heteroatoms. The lowest BCUT2D eigenvalue weighted by molar-refractivity contribution is 0.300. The van der Waals surface area contributed by atoms with E-state index in [9.17, 15) is 0 Å². The van der Waals surface area contributed by atoms with Crippen LogP contribution in [0.4, 0.5) is 0 Å². The number of halogens is 1. The highest BCUT2D eigenvalue weighted by atomic mass is 35.5. The van der Waals surface area contributed by atoms with Crippen molar-refractivity contribution in [2.45, 2.75) is 57.4 Å². The highest BCUT2D eigenvalue weighted by Gasteiger charge is 2.32. The first kappa shape index (κ1) is 14.7. The number of methoxy groups -OCH3 is 1. The molecule has 0 radical (unpaired) electrons. The normalized spacial score (nSPS) is 18.6. The minimum absolute atomic E-state index is 0.284. The van der Waals surface area contributed by atoms with Gasteiger partial charge in [-0.25, -0.2) is 0 Å². The van der Waals surface area contributed by atoms with Gasteiger partial charge >= 0.3 is 0 Å². The van der Waals surface area contributed by atoms with Gasteiger partial charge in [0.05, 0.1) is 12.1 Å². The van der Waals surface area contributed by atoms with Gasteiger partial charge in [0.25, 0.3) is 0 Å². The zero-order chi connectivity index (χ0) is 14.0. The fraction of sp³-hybridized carbons (Fsp3) is 0.625. The molecule has 0 bridgehead atoms. The van der Waals surface area contributed by atoms with Crippen molar-refractivity contribution in [1.82, 2.24) is 0 Å². The van der Waals surface area contributed by atoms with E-state index in [0.717, 1.165) is 24.2 Å². The second kappa shape index (κ2) is 5.72. The molecule has 19 heavy (non-hydrogen) atoms. The Morgan fingerprint density at radius 2 is 1.84 bits per heavy atom. The molecule has 106 valence electrons. The van der Waals surface area contributed by atoms with Gasteiger partial charge in [0.1, 0.15) is 5.75 Å². The molecule has 0 aliphatic heterocycles. The van der Waals surface area contributed by atoms with Crippen molar-refractivity contribution >= 4 is 11.6 Å². The number of hydrogen-bond donors (Lipinski definition) is 1. The summed E-state index contributed by atoms with van der Waals surface area (Å²) in [6.45, 7) is 4.35. The van der Waals surface area contributed by atoms with Crippen molar-refractivity contribution in [2.75, 3.05) is 7.11 Å². The first-order valence-corrected chi connectivity index (χ1v) is 7.52. The third-order valence-corrected chi connectivity index (χ3v) is 4.62. The molecule has 1 aromatic rings. The van der Waals surface area contributed by atoms with Crippen molar-refractivity contribution in [2.24, 2.45) is 5.73 Å². The Bertz CT molecular complexity index is 450. The molecule has 0 aromatic heterocycles. The summed E-state index contributed by atoms with van der Waals surface area (Å²) in [7, 11) is 1.67. The molecule has 1 aromatic carbocycles. The van der Waals surface area contributed by atoms with Crippen LogP contribution in [0.2, 0.25) is 5.02 Å². The lowest BCUT2D eigenvalue weighted by atomic mass is 9.76. The molecule has 0 atom stereocenters. The van der Waals surface area contributed by atoms with Crippen LogP contribution in [0.25, 0.3) is 0 Å². The van der Waals surface area contributed by atoms with Crippen LogP contribution in [-0.2, 0) is 5.54 Å². The maximum absolute atomic E-state index is 6.63. The van der Waals surface area contributed by atoms with Crippen LogP contribution in [0.15, 0.2) is 12.1 Å². The van der Waals surface area contributed by atoms with E-state index in [1.165, 1.54) is 24.8 Å². The molecule has 1 fully saturated rings. The average molecular weight is 282 g/mol. The molecule has 1 aliphatic rings. The van der Waals surface area contributed by atoms with E-state index in [0.29, 0.717) is 10.9 Å². The number of nitrogens with two attached hydrogens (primary N) is 1. The van der Waals surface area contributed by atoms with Gasteiger partial charge in [0.2, 0.25) is 0 Å². The Hall–Kier alpha value is -0.730. The van der Waals surface area contributed by atoms with Gasteiger partial charge in [-0.3, -0.25) is 0 Å². The standard InChI is InChI=1S/C16H24ClNO/c1-11(2)12-9-13(15(17)14(10-12)19-3)16(18)7-5-4-6-8-16/h9-11H,4-8,18H2,1-3H3. The van der Waals surface area contributed by atoms with Gasteiger partial charge in [0, 0.05) is 5.54 Å². The Morgan fingerprint density at radius 3 is 2.37 bits per heavy atom. The fourth-order valence-electron chi connectivity index (χ4n) is 2.92. The summed E-state index contributed by atoms with van der Waals surface area (Å²) in [4.78, 5) is 0. The molecule has 1 aliphatic carbocycles. The third kappa shape index (κ3) is 2.90. The molecular weight excluding hydrogens is 258 g/mol. The van der Waals surface area contributed by atoms with E-state index in [1.54, 1.807) is 7.11 Å². The number of hydrogen-bond acceptors (Lipinski definition) is 2.